The van der Waals surface area contributed by atoms with Gasteiger partial charge in [0.25, 0.3) is 0 Å². The first kappa shape index (κ1) is 12.4. The Labute approximate surface area is 94.8 Å². The van der Waals surface area contributed by atoms with E-state index >= 15 is 0 Å². The van der Waals surface area contributed by atoms with Crippen LogP contribution in [0.1, 0.15) is 0 Å². The topological polar surface area (TPSA) is 46.6 Å². The number of carboxylic acids is 1. The summed E-state index contributed by atoms with van der Waals surface area (Å²) in [5.74, 6) is -0.984. The van der Waals surface area contributed by atoms with Gasteiger partial charge in [-0.3, -0.25) is 4.90 Å². The molecule has 0 aliphatic carbocycles. The molecule has 12 heavy (non-hydrogen) atoms. The van der Waals surface area contributed by atoms with Gasteiger partial charge in [-0.05, 0) is 14.1 Å². The molecule has 5 heteroatoms. The van der Waals surface area contributed by atoms with Gasteiger partial charge in [0, 0.05) is 25.7 Å². The molecule has 1 saturated heterocycles. The molecule has 4 nitrogen and oxygen atoms in total. The molecule has 0 aromatic heterocycles. The monoisotopic (exact) mass is 180 g/mol. The van der Waals surface area contributed by atoms with Crippen molar-refractivity contribution in [1.82, 2.24) is 9.80 Å². The maximum absolute atomic E-state index is 10.1. The number of carbonyl (C=O) groups is 1. The van der Waals surface area contributed by atoms with Crippen LogP contribution in [0.2, 0.25) is 0 Å². The molecule has 64 valence electrons. The molecule has 0 aromatic carbocycles. The van der Waals surface area contributed by atoms with Crippen LogP contribution < -0.4 is 34.7 Å². The Kier molecular flexibility index (Phi) is 5.36. The van der Waals surface area contributed by atoms with E-state index in [0.29, 0.717) is 6.04 Å². The SMILES string of the molecule is CN(C)C1CN(CC(=O)[O-])C1.[Na+]. The molecule has 1 aliphatic heterocycles. The van der Waals surface area contributed by atoms with E-state index in [1.807, 2.05) is 19.0 Å². The zero-order chi connectivity index (χ0) is 8.43. The summed E-state index contributed by atoms with van der Waals surface area (Å²) in [5, 5.41) is 10.1. The minimum absolute atomic E-state index is 0. The van der Waals surface area contributed by atoms with E-state index in [2.05, 4.69) is 4.90 Å². The van der Waals surface area contributed by atoms with Crippen molar-refractivity contribution in [2.45, 2.75) is 6.04 Å². The van der Waals surface area contributed by atoms with Gasteiger partial charge >= 0.3 is 29.6 Å². The van der Waals surface area contributed by atoms with E-state index in [-0.39, 0.29) is 36.1 Å². The van der Waals surface area contributed by atoms with Crippen LogP contribution in [-0.2, 0) is 4.79 Å². The molecule has 1 heterocycles. The van der Waals surface area contributed by atoms with Gasteiger partial charge in [-0.25, -0.2) is 0 Å². The first-order valence-electron chi connectivity index (χ1n) is 3.68. The Morgan fingerprint density at radius 1 is 1.58 bits per heavy atom. The molecule has 0 amide bonds. The molecule has 0 bridgehead atoms. The Balaban J connectivity index is 0.00000121. The average Bonchev–Trinajstić information content (AvgIpc) is 1.75. The fraction of sp³-hybridized carbons (Fsp3) is 0.857. The molecular formula is C7H13N2NaO2. The molecule has 0 spiro atoms. The van der Waals surface area contributed by atoms with Crippen LogP contribution in [0.4, 0.5) is 0 Å². The van der Waals surface area contributed by atoms with Crippen LogP contribution in [0, 0.1) is 0 Å². The Bertz CT molecular complexity index is 157. The van der Waals surface area contributed by atoms with E-state index < -0.39 is 5.97 Å². The van der Waals surface area contributed by atoms with Gasteiger partial charge in [0.15, 0.2) is 0 Å². The molecule has 0 N–H and O–H groups in total. The summed E-state index contributed by atoms with van der Waals surface area (Å²) in [6.45, 7) is 1.77. The maximum atomic E-state index is 10.1. The van der Waals surface area contributed by atoms with Crippen molar-refractivity contribution < 1.29 is 39.5 Å². The molecule has 1 aliphatic rings. The van der Waals surface area contributed by atoms with Crippen LogP contribution in [0.3, 0.4) is 0 Å². The second kappa shape index (κ2) is 5.19. The van der Waals surface area contributed by atoms with Crippen LogP contribution in [0.25, 0.3) is 0 Å². The Morgan fingerprint density at radius 2 is 2.08 bits per heavy atom. The number of carboxylic acid groups (broad SMARTS) is 1. The van der Waals surface area contributed by atoms with E-state index in [4.69, 9.17) is 0 Å². The molecule has 0 aromatic rings. The van der Waals surface area contributed by atoms with E-state index in [1.165, 1.54) is 0 Å². The maximum Gasteiger partial charge on any atom is 1.00 e. The van der Waals surface area contributed by atoms with Crippen molar-refractivity contribution in [2.75, 3.05) is 33.7 Å². The number of hydrogen-bond acceptors (Lipinski definition) is 4. The van der Waals surface area contributed by atoms with Crippen molar-refractivity contribution in [2.24, 2.45) is 0 Å². The number of likely N-dealkylation sites (N-methyl/N-ethyl adjacent to an activating group) is 1. The molecule has 1 rings (SSSR count). The van der Waals surface area contributed by atoms with Crippen molar-refractivity contribution in [1.29, 1.82) is 0 Å². The quantitative estimate of drug-likeness (QED) is 0.408. The summed E-state index contributed by atoms with van der Waals surface area (Å²) in [5.41, 5.74) is 0. The summed E-state index contributed by atoms with van der Waals surface area (Å²) in [6, 6.07) is 0.523. The number of carbonyl (C=O) groups excluding carboxylic acids is 1. The third-order valence-electron chi connectivity index (χ3n) is 2.02. The van der Waals surface area contributed by atoms with E-state index in [9.17, 15) is 9.90 Å². The Morgan fingerprint density at radius 3 is 2.42 bits per heavy atom. The van der Waals surface area contributed by atoms with Crippen LogP contribution >= 0.6 is 0 Å². The fourth-order valence-corrected chi connectivity index (χ4v) is 1.18. The smallest absolute Gasteiger partial charge is 0.549 e. The first-order valence-corrected chi connectivity index (χ1v) is 3.68. The standard InChI is InChI=1S/C7H14N2O2.Na/c1-8(2)6-3-9(4-6)5-7(10)11;/h6H,3-5H2,1-2H3,(H,10,11);/q;+1/p-1. The predicted octanol–water partition coefficient (Wildman–Crippen LogP) is -5.01. The molecule has 0 atom stereocenters. The first-order chi connectivity index (χ1) is 5.09. The van der Waals surface area contributed by atoms with E-state index in [1.54, 1.807) is 0 Å². The van der Waals surface area contributed by atoms with Gasteiger partial charge in [-0.1, -0.05) is 0 Å². The summed E-state index contributed by atoms with van der Waals surface area (Å²) >= 11 is 0. The van der Waals surface area contributed by atoms with Gasteiger partial charge in [-0.2, -0.15) is 0 Å². The summed E-state index contributed by atoms with van der Waals surface area (Å²) in [4.78, 5) is 14.1. The molecule has 0 unspecified atom stereocenters. The third-order valence-corrected chi connectivity index (χ3v) is 2.02. The van der Waals surface area contributed by atoms with Crippen molar-refractivity contribution in [3.8, 4) is 0 Å². The molecular weight excluding hydrogens is 167 g/mol. The molecule has 0 saturated carbocycles. The van der Waals surface area contributed by atoms with Crippen LogP contribution in [-0.4, -0.2) is 55.5 Å². The van der Waals surface area contributed by atoms with Crippen molar-refractivity contribution >= 4 is 5.97 Å². The number of nitrogens with zero attached hydrogens (tertiary/aromatic N) is 2. The van der Waals surface area contributed by atoms with Crippen molar-refractivity contribution in [3.05, 3.63) is 0 Å². The normalized spacial score (nSPS) is 18.6. The van der Waals surface area contributed by atoms with Gasteiger partial charge in [0.05, 0.1) is 5.97 Å². The predicted molar refractivity (Wildman–Crippen MR) is 38.9 cm³/mol. The van der Waals surface area contributed by atoms with Gasteiger partial charge in [0.2, 0.25) is 0 Å². The third kappa shape index (κ3) is 3.41. The fourth-order valence-electron chi connectivity index (χ4n) is 1.18. The largest absolute Gasteiger partial charge is 1.00 e. The summed E-state index contributed by atoms with van der Waals surface area (Å²) in [6.07, 6.45) is 0. The summed E-state index contributed by atoms with van der Waals surface area (Å²) < 4.78 is 0. The van der Waals surface area contributed by atoms with Gasteiger partial charge < -0.3 is 14.8 Å². The van der Waals surface area contributed by atoms with Crippen LogP contribution in [0.15, 0.2) is 0 Å². The number of hydrogen-bond donors (Lipinski definition) is 0. The second-order valence-electron chi connectivity index (χ2n) is 3.18. The minimum Gasteiger partial charge on any atom is -0.549 e. The number of likely N-dealkylation sites (tertiary alicyclic amines) is 1. The number of aliphatic carboxylic acids is 1. The zero-order valence-corrected chi connectivity index (χ0v) is 9.91. The van der Waals surface area contributed by atoms with Gasteiger partial charge in [-0.15, -0.1) is 0 Å². The Hall–Kier alpha value is 0.390. The molecule has 1 fully saturated rings. The molecule has 0 radical (unpaired) electrons. The minimum atomic E-state index is -0.984. The zero-order valence-electron chi connectivity index (χ0n) is 7.91. The number of rotatable bonds is 3. The average molecular weight is 180 g/mol. The summed E-state index contributed by atoms with van der Waals surface area (Å²) in [7, 11) is 4.00. The second-order valence-corrected chi connectivity index (χ2v) is 3.18. The van der Waals surface area contributed by atoms with Crippen LogP contribution in [0.5, 0.6) is 0 Å². The van der Waals surface area contributed by atoms with Gasteiger partial charge in [0.1, 0.15) is 0 Å². The van der Waals surface area contributed by atoms with E-state index in [0.717, 1.165) is 13.1 Å². The van der Waals surface area contributed by atoms with Crippen molar-refractivity contribution in [3.63, 3.8) is 0 Å².